The number of carbonyl (C=O) groups is 1. The second-order valence-electron chi connectivity index (χ2n) is 2.67. The molecule has 0 saturated carbocycles. The minimum atomic E-state index is -0.999. The van der Waals surface area contributed by atoms with Crippen LogP contribution in [0.5, 0.6) is 0 Å². The van der Waals surface area contributed by atoms with Crippen molar-refractivity contribution in [3.63, 3.8) is 0 Å². The van der Waals surface area contributed by atoms with Gasteiger partial charge < -0.3 is 21.3 Å². The van der Waals surface area contributed by atoms with Gasteiger partial charge in [-0.15, -0.1) is 0 Å². The number of hydrogen-bond donors (Lipinski definition) is 4. The Bertz CT molecular complexity index is 130. The van der Waals surface area contributed by atoms with Gasteiger partial charge in [-0.2, -0.15) is 0 Å². The van der Waals surface area contributed by atoms with Gasteiger partial charge in [0.1, 0.15) is 0 Å². The summed E-state index contributed by atoms with van der Waals surface area (Å²) in [5.74, 6) is 0. The molecule has 0 radical (unpaired) electrons. The van der Waals surface area contributed by atoms with E-state index >= 15 is 0 Å². The van der Waals surface area contributed by atoms with E-state index in [2.05, 4.69) is 5.32 Å². The minimum absolute atomic E-state index is 0.00758. The molecule has 0 saturated heterocycles. The molecule has 72 valence electrons. The van der Waals surface area contributed by atoms with Crippen LogP contribution in [-0.4, -0.2) is 35.5 Å². The van der Waals surface area contributed by atoms with E-state index in [9.17, 15) is 4.79 Å². The van der Waals surface area contributed by atoms with Crippen LogP contribution in [0.3, 0.4) is 0 Å². The van der Waals surface area contributed by atoms with Gasteiger partial charge in [-0.1, -0.05) is 6.42 Å². The highest BCUT2D eigenvalue weighted by molar-refractivity contribution is 5.64. The molecule has 12 heavy (non-hydrogen) atoms. The highest BCUT2D eigenvalue weighted by Gasteiger charge is 1.99. The van der Waals surface area contributed by atoms with Crippen LogP contribution in [0.25, 0.3) is 0 Å². The molecule has 1 unspecified atom stereocenters. The molecule has 5 nitrogen and oxygen atoms in total. The van der Waals surface area contributed by atoms with Crippen LogP contribution in [0, 0.1) is 0 Å². The number of nitrogens with two attached hydrogens (primary N) is 1. The van der Waals surface area contributed by atoms with Gasteiger partial charge in [0.15, 0.2) is 0 Å². The molecule has 0 aromatic rings. The fraction of sp³-hybridized carbons (Fsp3) is 0.857. The lowest BCUT2D eigenvalue weighted by Crippen LogP contribution is -2.25. The maximum absolute atomic E-state index is 9.98. The molecule has 0 fully saturated rings. The van der Waals surface area contributed by atoms with Gasteiger partial charge in [0.2, 0.25) is 0 Å². The van der Waals surface area contributed by atoms with Crippen LogP contribution in [0.2, 0.25) is 0 Å². The Hall–Kier alpha value is -0.810. The first-order valence-corrected chi connectivity index (χ1v) is 4.00. The molecular weight excluding hydrogens is 160 g/mol. The second-order valence-corrected chi connectivity index (χ2v) is 2.67. The number of hydrogen-bond acceptors (Lipinski definition) is 3. The van der Waals surface area contributed by atoms with E-state index in [-0.39, 0.29) is 12.6 Å². The van der Waals surface area contributed by atoms with E-state index < -0.39 is 6.09 Å². The number of rotatable bonds is 6. The van der Waals surface area contributed by atoms with E-state index in [1.165, 1.54) is 0 Å². The SMILES string of the molecule is NC(CO)CCCCNC(=O)O. The summed E-state index contributed by atoms with van der Waals surface area (Å²) < 4.78 is 0. The number of carboxylic acid groups (broad SMARTS) is 1. The first-order chi connectivity index (χ1) is 5.66. The van der Waals surface area contributed by atoms with Gasteiger partial charge in [0, 0.05) is 12.6 Å². The van der Waals surface area contributed by atoms with Crippen molar-refractivity contribution in [2.75, 3.05) is 13.2 Å². The molecule has 0 aliphatic heterocycles. The van der Waals surface area contributed by atoms with Gasteiger partial charge in [-0.05, 0) is 12.8 Å². The molecule has 0 spiro atoms. The number of unbranched alkanes of at least 4 members (excludes halogenated alkanes) is 1. The third kappa shape index (κ3) is 7.30. The van der Waals surface area contributed by atoms with Crippen molar-refractivity contribution in [3.05, 3.63) is 0 Å². The predicted molar refractivity (Wildman–Crippen MR) is 44.9 cm³/mol. The Labute approximate surface area is 71.6 Å². The van der Waals surface area contributed by atoms with Crippen molar-refractivity contribution < 1.29 is 15.0 Å². The Morgan fingerprint density at radius 3 is 2.67 bits per heavy atom. The molecule has 0 heterocycles. The van der Waals surface area contributed by atoms with Crippen LogP contribution < -0.4 is 11.1 Å². The standard InChI is InChI=1S/C7H16N2O3/c8-6(5-10)3-1-2-4-9-7(11)12/h6,9-10H,1-5,8H2,(H,11,12). The second kappa shape index (κ2) is 6.87. The van der Waals surface area contributed by atoms with Gasteiger partial charge in [-0.3, -0.25) is 0 Å². The van der Waals surface area contributed by atoms with Crippen molar-refractivity contribution in [2.45, 2.75) is 25.3 Å². The third-order valence-corrected chi connectivity index (χ3v) is 1.51. The highest BCUT2D eigenvalue weighted by atomic mass is 16.4. The summed E-state index contributed by atoms with van der Waals surface area (Å²) in [5.41, 5.74) is 5.43. The Balaban J connectivity index is 3.05. The molecule has 0 aromatic carbocycles. The van der Waals surface area contributed by atoms with Crippen molar-refractivity contribution in [1.82, 2.24) is 5.32 Å². The molecule has 0 aromatic heterocycles. The predicted octanol–water partition coefficient (Wildman–Crippen LogP) is -0.256. The van der Waals surface area contributed by atoms with Gasteiger partial charge >= 0.3 is 6.09 Å². The summed E-state index contributed by atoms with van der Waals surface area (Å²) in [6.45, 7) is 0.444. The molecule has 0 aliphatic rings. The number of amides is 1. The number of aliphatic hydroxyl groups excluding tert-OH is 1. The molecule has 0 aliphatic carbocycles. The van der Waals surface area contributed by atoms with E-state index in [1.807, 2.05) is 0 Å². The fourth-order valence-electron chi connectivity index (χ4n) is 0.818. The monoisotopic (exact) mass is 176 g/mol. The average Bonchev–Trinajstić information content (AvgIpc) is 2.03. The molecule has 0 bridgehead atoms. The van der Waals surface area contributed by atoms with E-state index in [0.29, 0.717) is 6.54 Å². The van der Waals surface area contributed by atoms with Crippen LogP contribution >= 0.6 is 0 Å². The van der Waals surface area contributed by atoms with Crippen molar-refractivity contribution in [3.8, 4) is 0 Å². The largest absolute Gasteiger partial charge is 0.465 e. The van der Waals surface area contributed by atoms with Crippen molar-refractivity contribution in [2.24, 2.45) is 5.73 Å². The topological polar surface area (TPSA) is 95.6 Å². The average molecular weight is 176 g/mol. The summed E-state index contributed by atoms with van der Waals surface area (Å²) in [5, 5.41) is 19.0. The summed E-state index contributed by atoms with van der Waals surface area (Å²) in [4.78, 5) is 9.98. The van der Waals surface area contributed by atoms with Crippen LogP contribution in [0.1, 0.15) is 19.3 Å². The molecular formula is C7H16N2O3. The Morgan fingerprint density at radius 2 is 2.17 bits per heavy atom. The zero-order valence-corrected chi connectivity index (χ0v) is 6.99. The van der Waals surface area contributed by atoms with Crippen molar-refractivity contribution in [1.29, 1.82) is 0 Å². The Kier molecular flexibility index (Phi) is 6.41. The van der Waals surface area contributed by atoms with E-state index in [1.54, 1.807) is 0 Å². The third-order valence-electron chi connectivity index (χ3n) is 1.51. The zero-order valence-electron chi connectivity index (χ0n) is 6.99. The number of aliphatic hydroxyl groups is 1. The van der Waals surface area contributed by atoms with Crippen LogP contribution in [0.15, 0.2) is 0 Å². The maximum atomic E-state index is 9.98. The lowest BCUT2D eigenvalue weighted by Gasteiger charge is -2.06. The fourth-order valence-corrected chi connectivity index (χ4v) is 0.818. The Morgan fingerprint density at radius 1 is 1.50 bits per heavy atom. The molecule has 5 heteroatoms. The van der Waals surface area contributed by atoms with Gasteiger partial charge in [0.25, 0.3) is 0 Å². The number of nitrogens with one attached hydrogen (secondary N) is 1. The summed E-state index contributed by atoms with van der Waals surface area (Å²) in [6.07, 6.45) is 1.33. The molecule has 5 N–H and O–H groups in total. The van der Waals surface area contributed by atoms with Crippen molar-refractivity contribution >= 4 is 6.09 Å². The van der Waals surface area contributed by atoms with Crippen LogP contribution in [-0.2, 0) is 0 Å². The summed E-state index contributed by atoms with van der Waals surface area (Å²) in [6, 6.07) is -0.171. The smallest absolute Gasteiger partial charge is 0.404 e. The zero-order chi connectivity index (χ0) is 9.40. The summed E-state index contributed by atoms with van der Waals surface area (Å²) >= 11 is 0. The van der Waals surface area contributed by atoms with E-state index in [4.69, 9.17) is 15.9 Å². The van der Waals surface area contributed by atoms with Gasteiger partial charge in [-0.25, -0.2) is 4.79 Å². The molecule has 1 amide bonds. The normalized spacial score (nSPS) is 12.5. The summed E-state index contributed by atoms with van der Waals surface area (Å²) in [7, 11) is 0. The van der Waals surface area contributed by atoms with Crippen LogP contribution in [0.4, 0.5) is 4.79 Å². The quantitative estimate of drug-likeness (QED) is 0.419. The first-order valence-electron chi connectivity index (χ1n) is 4.00. The molecule has 1 atom stereocenters. The molecule has 0 rings (SSSR count). The lowest BCUT2D eigenvalue weighted by atomic mass is 10.1. The van der Waals surface area contributed by atoms with E-state index in [0.717, 1.165) is 19.3 Å². The lowest BCUT2D eigenvalue weighted by molar-refractivity contribution is 0.194. The maximum Gasteiger partial charge on any atom is 0.404 e. The minimum Gasteiger partial charge on any atom is -0.465 e. The first kappa shape index (κ1) is 11.2. The highest BCUT2D eigenvalue weighted by Crippen LogP contribution is 1.96. The van der Waals surface area contributed by atoms with Gasteiger partial charge in [0.05, 0.1) is 6.61 Å².